The molecule has 3 heteroatoms. The van der Waals surface area contributed by atoms with Gasteiger partial charge in [0.25, 0.3) is 0 Å². The summed E-state index contributed by atoms with van der Waals surface area (Å²) in [5.41, 5.74) is 0.0594. The predicted molar refractivity (Wildman–Crippen MR) is 67.3 cm³/mol. The number of piperidine rings is 1. The van der Waals surface area contributed by atoms with Gasteiger partial charge in [0.05, 0.1) is 6.04 Å². The lowest BCUT2D eigenvalue weighted by molar-refractivity contribution is -0.136. The number of hydrogen-bond acceptors (Lipinski definition) is 2. The molecule has 1 fully saturated rings. The third-order valence-electron chi connectivity index (χ3n) is 3.42. The quantitative estimate of drug-likeness (QED) is 0.739. The average molecular weight is 224 g/mol. The monoisotopic (exact) mass is 224 g/mol. The number of likely N-dealkylation sites (N-methyl/N-ethyl adjacent to an activating group) is 1. The Hall–Kier alpha value is -0.830. The third kappa shape index (κ3) is 2.85. The van der Waals surface area contributed by atoms with Gasteiger partial charge in [-0.15, -0.1) is 6.58 Å². The van der Waals surface area contributed by atoms with E-state index in [0.29, 0.717) is 6.54 Å². The normalized spacial score (nSPS) is 23.8. The highest BCUT2D eigenvalue weighted by atomic mass is 16.2. The summed E-state index contributed by atoms with van der Waals surface area (Å²) in [6, 6.07) is -0.0406. The first-order valence-electron chi connectivity index (χ1n) is 6.16. The van der Waals surface area contributed by atoms with E-state index in [-0.39, 0.29) is 17.4 Å². The zero-order chi connectivity index (χ0) is 12.2. The second-order valence-electron chi connectivity index (χ2n) is 5.14. The van der Waals surface area contributed by atoms with Crippen molar-refractivity contribution in [3.05, 3.63) is 12.7 Å². The molecule has 92 valence electrons. The van der Waals surface area contributed by atoms with E-state index in [2.05, 4.69) is 25.7 Å². The smallest absolute Gasteiger partial charge is 0.240 e. The van der Waals surface area contributed by atoms with Crippen LogP contribution in [0, 0.1) is 5.41 Å². The zero-order valence-corrected chi connectivity index (χ0v) is 10.8. The Balaban J connectivity index is 2.73. The van der Waals surface area contributed by atoms with E-state index in [1.54, 1.807) is 6.08 Å². The Morgan fingerprint density at radius 3 is 2.81 bits per heavy atom. The molecule has 1 amide bonds. The van der Waals surface area contributed by atoms with Crippen molar-refractivity contribution in [1.82, 2.24) is 10.2 Å². The van der Waals surface area contributed by atoms with Crippen LogP contribution in [0.1, 0.15) is 33.6 Å². The summed E-state index contributed by atoms with van der Waals surface area (Å²) >= 11 is 0. The summed E-state index contributed by atoms with van der Waals surface area (Å²) in [6.45, 7) is 12.4. The van der Waals surface area contributed by atoms with Crippen molar-refractivity contribution in [2.45, 2.75) is 39.7 Å². The van der Waals surface area contributed by atoms with Crippen LogP contribution in [0.4, 0.5) is 0 Å². The molecule has 1 saturated heterocycles. The molecule has 0 spiro atoms. The summed E-state index contributed by atoms with van der Waals surface area (Å²) in [4.78, 5) is 14.2. The molecular formula is C13H24N2O. The fourth-order valence-corrected chi connectivity index (χ4v) is 2.35. The van der Waals surface area contributed by atoms with Gasteiger partial charge < -0.3 is 10.2 Å². The number of carbonyl (C=O) groups is 1. The molecule has 0 aromatic rings. The lowest BCUT2D eigenvalue weighted by Crippen LogP contribution is -2.56. The van der Waals surface area contributed by atoms with Crippen molar-refractivity contribution >= 4 is 5.91 Å². The van der Waals surface area contributed by atoms with Gasteiger partial charge >= 0.3 is 0 Å². The minimum atomic E-state index is -0.0406. The first-order chi connectivity index (χ1) is 7.53. The van der Waals surface area contributed by atoms with Gasteiger partial charge in [0.2, 0.25) is 5.91 Å². The molecule has 1 rings (SSSR count). The molecule has 0 saturated carbocycles. The first kappa shape index (κ1) is 13.2. The number of nitrogens with zero attached hydrogens (tertiary/aromatic N) is 1. The number of nitrogens with one attached hydrogen (secondary N) is 1. The van der Waals surface area contributed by atoms with Crippen LogP contribution in [0.25, 0.3) is 0 Å². The number of hydrogen-bond donors (Lipinski definition) is 1. The minimum Gasteiger partial charge on any atom is -0.338 e. The van der Waals surface area contributed by atoms with Crippen LogP contribution in [0.2, 0.25) is 0 Å². The average Bonchev–Trinajstić information content (AvgIpc) is 2.24. The van der Waals surface area contributed by atoms with Crippen LogP contribution in [0.5, 0.6) is 0 Å². The summed E-state index contributed by atoms with van der Waals surface area (Å²) in [5.74, 6) is 0.215. The molecule has 0 aliphatic carbocycles. The van der Waals surface area contributed by atoms with Gasteiger partial charge in [-0.2, -0.15) is 0 Å². The maximum absolute atomic E-state index is 12.4. The Bertz CT molecular complexity index is 261. The minimum absolute atomic E-state index is 0.0406. The van der Waals surface area contributed by atoms with Gasteiger partial charge in [0.15, 0.2) is 0 Å². The molecule has 16 heavy (non-hydrogen) atoms. The van der Waals surface area contributed by atoms with Gasteiger partial charge in [-0.05, 0) is 31.7 Å². The fraction of sp³-hybridized carbons (Fsp3) is 0.769. The van der Waals surface area contributed by atoms with E-state index >= 15 is 0 Å². The Kier molecular flexibility index (Phi) is 4.54. The summed E-state index contributed by atoms with van der Waals surface area (Å²) in [6.07, 6.45) is 4.06. The van der Waals surface area contributed by atoms with Crippen LogP contribution >= 0.6 is 0 Å². The second kappa shape index (κ2) is 5.48. The maximum atomic E-state index is 12.4. The van der Waals surface area contributed by atoms with Gasteiger partial charge in [-0.3, -0.25) is 4.79 Å². The molecule has 1 aliphatic rings. The van der Waals surface area contributed by atoms with E-state index in [9.17, 15) is 4.79 Å². The van der Waals surface area contributed by atoms with Crippen molar-refractivity contribution in [1.29, 1.82) is 0 Å². The van der Waals surface area contributed by atoms with Crippen LogP contribution < -0.4 is 5.32 Å². The van der Waals surface area contributed by atoms with Crippen molar-refractivity contribution in [2.24, 2.45) is 5.41 Å². The Labute approximate surface area is 98.9 Å². The molecule has 1 aliphatic heterocycles. The standard InChI is InChI=1S/C13H24N2O/c1-5-10-15(6-2)12(16)11-13(3,4)8-7-9-14-11/h5,11,14H,1,6-10H2,2-4H3. The van der Waals surface area contributed by atoms with E-state index in [4.69, 9.17) is 0 Å². The molecule has 0 aromatic carbocycles. The number of rotatable bonds is 4. The van der Waals surface area contributed by atoms with Gasteiger partial charge in [-0.1, -0.05) is 19.9 Å². The molecule has 0 aromatic heterocycles. The highest BCUT2D eigenvalue weighted by Crippen LogP contribution is 2.31. The van der Waals surface area contributed by atoms with E-state index in [1.807, 2.05) is 11.8 Å². The first-order valence-corrected chi connectivity index (χ1v) is 6.16. The molecule has 1 N–H and O–H groups in total. The van der Waals surface area contributed by atoms with Crippen molar-refractivity contribution < 1.29 is 4.79 Å². The van der Waals surface area contributed by atoms with Crippen molar-refractivity contribution in [3.8, 4) is 0 Å². The molecule has 0 radical (unpaired) electrons. The van der Waals surface area contributed by atoms with E-state index in [1.165, 1.54) is 0 Å². The largest absolute Gasteiger partial charge is 0.338 e. The lowest BCUT2D eigenvalue weighted by atomic mass is 9.77. The predicted octanol–water partition coefficient (Wildman–Crippen LogP) is 1.80. The lowest BCUT2D eigenvalue weighted by Gasteiger charge is -2.40. The van der Waals surface area contributed by atoms with E-state index in [0.717, 1.165) is 25.9 Å². The molecule has 1 unspecified atom stereocenters. The van der Waals surface area contributed by atoms with Crippen molar-refractivity contribution in [2.75, 3.05) is 19.6 Å². The Morgan fingerprint density at radius 1 is 1.62 bits per heavy atom. The maximum Gasteiger partial charge on any atom is 0.240 e. The van der Waals surface area contributed by atoms with Crippen LogP contribution in [0.3, 0.4) is 0 Å². The molecule has 1 heterocycles. The van der Waals surface area contributed by atoms with Gasteiger partial charge in [0.1, 0.15) is 0 Å². The molecule has 1 atom stereocenters. The van der Waals surface area contributed by atoms with Crippen molar-refractivity contribution in [3.63, 3.8) is 0 Å². The molecule has 0 bridgehead atoms. The van der Waals surface area contributed by atoms with Gasteiger partial charge in [0, 0.05) is 13.1 Å². The highest BCUT2D eigenvalue weighted by Gasteiger charge is 2.38. The fourth-order valence-electron chi connectivity index (χ4n) is 2.35. The summed E-state index contributed by atoms with van der Waals surface area (Å²) in [7, 11) is 0. The van der Waals surface area contributed by atoms with Crippen LogP contribution in [-0.4, -0.2) is 36.5 Å². The molecular weight excluding hydrogens is 200 g/mol. The second-order valence-corrected chi connectivity index (χ2v) is 5.14. The van der Waals surface area contributed by atoms with Crippen LogP contribution in [0.15, 0.2) is 12.7 Å². The van der Waals surface area contributed by atoms with Gasteiger partial charge in [-0.25, -0.2) is 0 Å². The highest BCUT2D eigenvalue weighted by molar-refractivity contribution is 5.83. The van der Waals surface area contributed by atoms with E-state index < -0.39 is 0 Å². The SMILES string of the molecule is C=CCN(CC)C(=O)C1NCCCC1(C)C. The zero-order valence-electron chi connectivity index (χ0n) is 10.8. The van der Waals surface area contributed by atoms with Crippen LogP contribution in [-0.2, 0) is 4.79 Å². The summed E-state index contributed by atoms with van der Waals surface area (Å²) < 4.78 is 0. The number of amides is 1. The third-order valence-corrected chi connectivity index (χ3v) is 3.42. The summed E-state index contributed by atoms with van der Waals surface area (Å²) in [5, 5.41) is 3.36. The molecule has 3 nitrogen and oxygen atoms in total. The Morgan fingerprint density at radius 2 is 2.31 bits per heavy atom. The number of carbonyl (C=O) groups excluding carboxylic acids is 1. The topological polar surface area (TPSA) is 32.3 Å².